The summed E-state index contributed by atoms with van der Waals surface area (Å²) < 4.78 is 3.36. The molecule has 23 heavy (non-hydrogen) atoms. The Bertz CT molecular complexity index is 561. The monoisotopic (exact) mass is 457 g/mol. The van der Waals surface area contributed by atoms with Crippen molar-refractivity contribution in [3.05, 3.63) is 39.8 Å². The van der Waals surface area contributed by atoms with Gasteiger partial charge in [-0.1, -0.05) is 61.2 Å². The Hall–Kier alpha value is 0.130. The number of hydrogen-bond acceptors (Lipinski definition) is 2. The minimum Gasteiger partial charge on any atom is -0.0924 e. The molecule has 0 atom stereocenters. The van der Waals surface area contributed by atoms with Gasteiger partial charge in [0.1, 0.15) is 0 Å². The van der Waals surface area contributed by atoms with E-state index in [1.165, 1.54) is 64.2 Å². The first-order valence-electron chi connectivity index (χ1n) is 9.23. The molecule has 0 bridgehead atoms. The lowest BCUT2D eigenvalue weighted by Crippen LogP contribution is -3.61. The minimum absolute atomic E-state index is 0.0622. The first kappa shape index (κ1) is 16.6. The second-order valence-electron chi connectivity index (χ2n) is 7.05. The molecule has 2 saturated carbocycles. The zero-order chi connectivity index (χ0) is 15.5. The number of thiophene rings is 2. The molecule has 2 aromatic heterocycles. The summed E-state index contributed by atoms with van der Waals surface area (Å²) in [5, 5.41) is 0. The predicted octanol–water partition coefficient (Wildman–Crippen LogP) is 4.03. The Morgan fingerprint density at radius 3 is 1.48 bits per heavy atom. The molecule has 0 N–H and O–H groups in total. The van der Waals surface area contributed by atoms with Crippen molar-refractivity contribution < 1.29 is 21.2 Å². The third kappa shape index (κ3) is 4.21. The van der Waals surface area contributed by atoms with Gasteiger partial charge in [0, 0.05) is 21.9 Å². The second kappa shape index (κ2) is 8.01. The summed E-state index contributed by atoms with van der Waals surface area (Å²) in [5.74, 6) is 1.76. The van der Waals surface area contributed by atoms with Crippen molar-refractivity contribution in [3.8, 4) is 0 Å². The summed E-state index contributed by atoms with van der Waals surface area (Å²) in [6.45, 7) is 0. The highest BCUT2D eigenvalue weighted by molar-refractivity contribution is 7.10. The van der Waals surface area contributed by atoms with E-state index in [2.05, 4.69) is 46.9 Å². The van der Waals surface area contributed by atoms with E-state index >= 15 is 0 Å². The molecule has 0 aromatic carbocycles. The van der Waals surface area contributed by atoms with Crippen molar-refractivity contribution in [2.45, 2.75) is 76.0 Å². The lowest BCUT2D eigenvalue weighted by Gasteiger charge is -2.19. The molecule has 0 spiro atoms. The van der Waals surface area contributed by atoms with Crippen LogP contribution < -0.4 is 21.2 Å². The molecule has 0 saturated heterocycles. The predicted molar refractivity (Wildman–Crippen MR) is 97.7 cm³/mol. The topological polar surface area (TPSA) is 0 Å². The van der Waals surface area contributed by atoms with Gasteiger partial charge in [-0.25, -0.2) is 0 Å². The van der Waals surface area contributed by atoms with Gasteiger partial charge in [-0.3, -0.25) is 0 Å². The largest absolute Gasteiger partial charge is 0.381 e. The van der Waals surface area contributed by atoms with E-state index in [0.717, 1.165) is 11.8 Å². The normalized spacial score (nSPS) is 20.9. The molecule has 0 nitrogen and oxygen atoms in total. The van der Waals surface area contributed by atoms with Crippen molar-refractivity contribution in [1.82, 2.24) is 0 Å². The van der Waals surface area contributed by atoms with Crippen molar-refractivity contribution in [2.75, 3.05) is 0 Å². The molecule has 0 unspecified atom stereocenters. The smallest absolute Gasteiger partial charge is 0.0924 e. The van der Waals surface area contributed by atoms with Crippen LogP contribution in [0.5, 0.6) is 0 Å². The molecule has 124 valence electrons. The highest BCUT2D eigenvalue weighted by Crippen LogP contribution is 2.36. The highest BCUT2D eigenvalue weighted by atomic mass is 127. The molecule has 2 aromatic rings. The molecule has 4 rings (SSSR count). The molecule has 0 amide bonds. The van der Waals surface area contributed by atoms with Crippen LogP contribution in [0.15, 0.2) is 24.3 Å². The third-order valence-corrected chi connectivity index (χ3v) is 11.6. The van der Waals surface area contributed by atoms with Crippen molar-refractivity contribution >= 4 is 22.7 Å². The Morgan fingerprint density at radius 2 is 1.04 bits per heavy atom. The van der Waals surface area contributed by atoms with Gasteiger partial charge in [0.25, 0.3) is 0 Å². The summed E-state index contributed by atoms with van der Waals surface area (Å²) in [7, 11) is 0. The molecular weight excluding hydrogens is 431 g/mol. The molecule has 2 fully saturated rings. The van der Waals surface area contributed by atoms with Crippen LogP contribution >= 0.6 is 22.7 Å². The summed E-state index contributed by atoms with van der Waals surface area (Å²) in [6, 6.07) is 9.79. The average molecular weight is 457 g/mol. The van der Waals surface area contributed by atoms with Crippen molar-refractivity contribution in [3.63, 3.8) is 0 Å². The van der Waals surface area contributed by atoms with E-state index in [0.29, 0.717) is 0 Å². The van der Waals surface area contributed by atoms with Gasteiger partial charge in [0.05, 0.1) is 0 Å². The molecule has 2 aliphatic carbocycles. The average Bonchev–Trinajstić information content (AvgIpc) is 3.27. The summed E-state index contributed by atoms with van der Waals surface area (Å²) >= 11 is 4.33. The van der Waals surface area contributed by atoms with Crippen LogP contribution in [0.2, 0.25) is 0 Å². The first-order valence-corrected chi connectivity index (χ1v) is 13.0. The zero-order valence-electron chi connectivity index (χ0n) is 13.7. The Labute approximate surface area is 159 Å². The van der Waals surface area contributed by atoms with E-state index in [-0.39, 0.29) is 21.2 Å². The van der Waals surface area contributed by atoms with Gasteiger partial charge in [-0.2, -0.15) is 0 Å². The minimum atomic E-state index is 0.0622. The lowest BCUT2D eigenvalue weighted by atomic mass is 9.88. The summed E-state index contributed by atoms with van der Waals surface area (Å²) in [4.78, 5) is 3.37. The van der Waals surface area contributed by atoms with Crippen LogP contribution in [0.1, 0.15) is 85.8 Å². The molecule has 0 radical (unpaired) electrons. The van der Waals surface area contributed by atoms with E-state index in [1.807, 2.05) is 0 Å². The van der Waals surface area contributed by atoms with E-state index in [1.54, 1.807) is 15.5 Å². The number of hydrogen-bond donors (Lipinski definition) is 0. The number of halogens is 1. The molecule has 2 aliphatic rings. The van der Waals surface area contributed by atoms with E-state index in [4.69, 9.17) is 0 Å². The molecular formula is C20H26IS2+. The maximum Gasteiger partial charge on any atom is 0.381 e. The summed E-state index contributed by atoms with van der Waals surface area (Å²) in [5.41, 5.74) is 0. The van der Waals surface area contributed by atoms with Gasteiger partial charge in [-0.05, 0) is 49.7 Å². The van der Waals surface area contributed by atoms with Gasteiger partial charge in [0.2, 0.25) is 5.77 Å². The van der Waals surface area contributed by atoms with E-state index in [9.17, 15) is 0 Å². The van der Waals surface area contributed by atoms with Crippen molar-refractivity contribution in [1.29, 1.82) is 0 Å². The fourth-order valence-electron chi connectivity index (χ4n) is 4.06. The second-order valence-corrected chi connectivity index (χ2v) is 13.6. The zero-order valence-corrected chi connectivity index (χ0v) is 17.5. The van der Waals surface area contributed by atoms with Crippen LogP contribution in [0.25, 0.3) is 0 Å². The van der Waals surface area contributed by atoms with Gasteiger partial charge in [0.15, 0.2) is 0 Å². The van der Waals surface area contributed by atoms with Crippen LogP contribution in [-0.2, 0) is 0 Å². The Morgan fingerprint density at radius 1 is 0.609 bits per heavy atom. The van der Waals surface area contributed by atoms with Gasteiger partial charge >= 0.3 is 21.2 Å². The molecule has 2 heterocycles. The quantitative estimate of drug-likeness (QED) is 0.609. The van der Waals surface area contributed by atoms with Crippen LogP contribution in [0.3, 0.4) is 0 Å². The SMILES string of the molecule is c1cc(C2CCCCC2)sc1[I+]c1ccc(C2CCCCC2)s1. The summed E-state index contributed by atoms with van der Waals surface area (Å²) in [6.07, 6.45) is 14.4. The van der Waals surface area contributed by atoms with Crippen molar-refractivity contribution in [2.24, 2.45) is 0 Å². The number of rotatable bonds is 4. The van der Waals surface area contributed by atoms with Crippen LogP contribution in [-0.4, -0.2) is 0 Å². The fourth-order valence-corrected chi connectivity index (χ4v) is 10.8. The third-order valence-electron chi connectivity index (χ3n) is 5.39. The maximum atomic E-state index is 2.45. The Balaban J connectivity index is 1.40. The molecule has 3 heteroatoms. The lowest BCUT2D eigenvalue weighted by molar-refractivity contribution is -0.585. The highest BCUT2D eigenvalue weighted by Gasteiger charge is 2.26. The first-order chi connectivity index (χ1) is 11.4. The fraction of sp³-hybridized carbons (Fsp3) is 0.600. The van der Waals surface area contributed by atoms with Gasteiger partial charge in [-0.15, -0.1) is 0 Å². The standard InChI is InChI=1S/C20H26IS2/c1-3-7-15(8-4-1)17-11-13-19(22-17)21-20-14-12-18(23-20)16-9-5-2-6-10-16/h11-16H,1-10H2/q+1. The maximum absolute atomic E-state index is 2.45. The van der Waals surface area contributed by atoms with Gasteiger partial charge < -0.3 is 0 Å². The Kier molecular flexibility index (Phi) is 5.78. The van der Waals surface area contributed by atoms with Crippen LogP contribution in [0.4, 0.5) is 0 Å². The van der Waals surface area contributed by atoms with E-state index < -0.39 is 0 Å². The van der Waals surface area contributed by atoms with Crippen LogP contribution in [0, 0.1) is 5.77 Å². The molecule has 0 aliphatic heterocycles.